The third-order valence-corrected chi connectivity index (χ3v) is 2.77. The Labute approximate surface area is 99.9 Å². The molecule has 1 aromatic heterocycles. The number of hydrogen-bond donors (Lipinski definition) is 0. The smallest absolute Gasteiger partial charge is 0.234 e. The molecule has 94 valence electrons. The molecule has 0 aromatic carbocycles. The minimum Gasteiger partial charge on any atom is -0.367 e. The maximum Gasteiger partial charge on any atom is 0.234 e. The minimum absolute atomic E-state index is 0.0138. The van der Waals surface area contributed by atoms with Gasteiger partial charge in [-0.2, -0.15) is 4.98 Å². The van der Waals surface area contributed by atoms with E-state index in [9.17, 15) is 4.79 Å². The molecule has 1 aliphatic heterocycles. The fourth-order valence-electron chi connectivity index (χ4n) is 1.83. The topological polar surface area (TPSA) is 68.5 Å². The van der Waals surface area contributed by atoms with Crippen LogP contribution < -0.4 is 0 Å². The fourth-order valence-corrected chi connectivity index (χ4v) is 1.83. The van der Waals surface area contributed by atoms with Crippen molar-refractivity contribution in [2.75, 3.05) is 26.2 Å². The predicted molar refractivity (Wildman–Crippen MR) is 59.5 cm³/mol. The summed E-state index contributed by atoms with van der Waals surface area (Å²) in [6, 6.07) is 0. The van der Waals surface area contributed by atoms with E-state index < -0.39 is 0 Å². The van der Waals surface area contributed by atoms with Crippen LogP contribution >= 0.6 is 0 Å². The summed E-state index contributed by atoms with van der Waals surface area (Å²) < 4.78 is 10.6. The lowest BCUT2D eigenvalue weighted by atomic mass is 10.2. The molecule has 0 saturated carbocycles. The van der Waals surface area contributed by atoms with Crippen LogP contribution in [0, 0.1) is 0 Å². The first-order valence-corrected chi connectivity index (χ1v) is 5.85. The highest BCUT2D eigenvalue weighted by Crippen LogP contribution is 2.19. The van der Waals surface area contributed by atoms with Crippen molar-refractivity contribution in [2.45, 2.75) is 26.4 Å². The van der Waals surface area contributed by atoms with Crippen LogP contribution in [-0.2, 0) is 16.0 Å². The van der Waals surface area contributed by atoms with E-state index in [1.54, 1.807) is 0 Å². The molecule has 17 heavy (non-hydrogen) atoms. The van der Waals surface area contributed by atoms with Crippen molar-refractivity contribution >= 4 is 5.78 Å². The van der Waals surface area contributed by atoms with Crippen molar-refractivity contribution in [3.8, 4) is 0 Å². The van der Waals surface area contributed by atoms with Gasteiger partial charge in [0.15, 0.2) is 0 Å². The summed E-state index contributed by atoms with van der Waals surface area (Å²) in [4.78, 5) is 17.4. The third kappa shape index (κ3) is 3.10. The zero-order valence-corrected chi connectivity index (χ0v) is 10.2. The fraction of sp³-hybridized carbons (Fsp3) is 0.727. The van der Waals surface area contributed by atoms with Crippen LogP contribution in [0.15, 0.2) is 4.52 Å². The molecular weight excluding hydrogens is 222 g/mol. The Balaban J connectivity index is 2.01. The lowest BCUT2D eigenvalue weighted by Crippen LogP contribution is -2.38. The highest BCUT2D eigenvalue weighted by atomic mass is 16.5. The van der Waals surface area contributed by atoms with Gasteiger partial charge in [0.2, 0.25) is 11.7 Å². The van der Waals surface area contributed by atoms with Crippen LogP contribution in [0.3, 0.4) is 0 Å². The van der Waals surface area contributed by atoms with E-state index >= 15 is 0 Å². The number of likely N-dealkylation sites (N-methyl/N-ethyl adjacent to an activating group) is 1. The quantitative estimate of drug-likeness (QED) is 0.766. The SMILES string of the molecule is CCN1CCOC(c2noc(CC(C)=O)n2)C1. The third-order valence-electron chi connectivity index (χ3n) is 2.77. The molecule has 0 spiro atoms. The average molecular weight is 239 g/mol. The van der Waals surface area contributed by atoms with Gasteiger partial charge in [0.1, 0.15) is 11.9 Å². The summed E-state index contributed by atoms with van der Waals surface area (Å²) in [5.41, 5.74) is 0. The van der Waals surface area contributed by atoms with Crippen molar-refractivity contribution in [3.63, 3.8) is 0 Å². The lowest BCUT2D eigenvalue weighted by molar-refractivity contribution is -0.116. The number of nitrogens with zero attached hydrogens (tertiary/aromatic N) is 3. The molecule has 1 fully saturated rings. The summed E-state index contributed by atoms with van der Waals surface area (Å²) in [5, 5.41) is 3.87. The summed E-state index contributed by atoms with van der Waals surface area (Å²) in [6.45, 7) is 6.98. The largest absolute Gasteiger partial charge is 0.367 e. The average Bonchev–Trinajstić information content (AvgIpc) is 2.77. The van der Waals surface area contributed by atoms with Crippen molar-refractivity contribution in [3.05, 3.63) is 11.7 Å². The molecule has 2 rings (SSSR count). The van der Waals surface area contributed by atoms with E-state index in [1.165, 1.54) is 6.92 Å². The Bertz CT molecular complexity index is 391. The Kier molecular flexibility index (Phi) is 3.86. The van der Waals surface area contributed by atoms with E-state index in [4.69, 9.17) is 9.26 Å². The Hall–Kier alpha value is -1.27. The van der Waals surface area contributed by atoms with E-state index in [0.29, 0.717) is 18.3 Å². The molecule has 0 bridgehead atoms. The second-order valence-corrected chi connectivity index (χ2v) is 4.18. The predicted octanol–water partition coefficient (Wildman–Crippen LogP) is 0.594. The number of rotatable bonds is 4. The van der Waals surface area contributed by atoms with Gasteiger partial charge in [-0.05, 0) is 13.5 Å². The van der Waals surface area contributed by atoms with Gasteiger partial charge >= 0.3 is 0 Å². The molecule has 0 radical (unpaired) electrons. The maximum atomic E-state index is 10.9. The minimum atomic E-state index is -0.145. The molecule has 0 amide bonds. The molecule has 1 aromatic rings. The lowest BCUT2D eigenvalue weighted by Gasteiger charge is -2.30. The number of Topliss-reactive ketones (excluding diaryl/α,β-unsaturated/α-hetero) is 1. The summed E-state index contributed by atoms with van der Waals surface area (Å²) in [7, 11) is 0. The number of ketones is 1. The maximum absolute atomic E-state index is 10.9. The van der Waals surface area contributed by atoms with Gasteiger partial charge in [0.05, 0.1) is 13.0 Å². The van der Waals surface area contributed by atoms with Gasteiger partial charge in [0.25, 0.3) is 0 Å². The first-order valence-electron chi connectivity index (χ1n) is 5.85. The van der Waals surface area contributed by atoms with Crippen LogP contribution in [-0.4, -0.2) is 47.1 Å². The molecule has 2 heterocycles. The molecule has 6 heteroatoms. The van der Waals surface area contributed by atoms with Gasteiger partial charge in [-0.15, -0.1) is 0 Å². The van der Waals surface area contributed by atoms with Crippen LogP contribution in [0.1, 0.15) is 31.7 Å². The standard InChI is InChI=1S/C11H17N3O3/c1-3-14-4-5-16-9(7-14)11-12-10(17-13-11)6-8(2)15/h9H,3-7H2,1-2H3. The summed E-state index contributed by atoms with van der Waals surface area (Å²) in [6.07, 6.45) is 0.0465. The molecule has 1 atom stereocenters. The van der Waals surface area contributed by atoms with Gasteiger partial charge in [-0.3, -0.25) is 9.69 Å². The monoisotopic (exact) mass is 239 g/mol. The van der Waals surface area contributed by atoms with Gasteiger partial charge in [-0.1, -0.05) is 12.1 Å². The van der Waals surface area contributed by atoms with Crippen molar-refractivity contribution < 1.29 is 14.1 Å². The van der Waals surface area contributed by atoms with Crippen LogP contribution in [0.2, 0.25) is 0 Å². The van der Waals surface area contributed by atoms with E-state index in [2.05, 4.69) is 22.0 Å². The normalized spacial score (nSPS) is 21.6. The second kappa shape index (κ2) is 5.37. The number of aromatic nitrogens is 2. The zero-order valence-electron chi connectivity index (χ0n) is 10.2. The molecule has 1 aliphatic rings. The van der Waals surface area contributed by atoms with Crippen molar-refractivity contribution in [1.29, 1.82) is 0 Å². The zero-order chi connectivity index (χ0) is 12.3. The van der Waals surface area contributed by atoms with Crippen LogP contribution in [0.4, 0.5) is 0 Å². The molecule has 0 aliphatic carbocycles. The molecular formula is C11H17N3O3. The van der Waals surface area contributed by atoms with Crippen LogP contribution in [0.5, 0.6) is 0 Å². The number of carbonyl (C=O) groups excluding carboxylic acids is 1. The van der Waals surface area contributed by atoms with E-state index in [-0.39, 0.29) is 18.3 Å². The highest BCUT2D eigenvalue weighted by molar-refractivity contribution is 5.77. The van der Waals surface area contributed by atoms with E-state index in [1.807, 2.05) is 0 Å². The molecule has 1 saturated heterocycles. The molecule has 0 N–H and O–H groups in total. The van der Waals surface area contributed by atoms with Gasteiger partial charge < -0.3 is 9.26 Å². The Morgan fingerprint density at radius 2 is 2.41 bits per heavy atom. The number of hydrogen-bond acceptors (Lipinski definition) is 6. The van der Waals surface area contributed by atoms with Gasteiger partial charge in [-0.25, -0.2) is 0 Å². The Morgan fingerprint density at radius 1 is 1.59 bits per heavy atom. The van der Waals surface area contributed by atoms with Crippen molar-refractivity contribution in [2.24, 2.45) is 0 Å². The van der Waals surface area contributed by atoms with Crippen LogP contribution in [0.25, 0.3) is 0 Å². The number of morpholine rings is 1. The molecule has 1 unspecified atom stereocenters. The summed E-state index contributed by atoms with van der Waals surface area (Å²) >= 11 is 0. The highest BCUT2D eigenvalue weighted by Gasteiger charge is 2.25. The van der Waals surface area contributed by atoms with E-state index in [0.717, 1.165) is 19.6 Å². The van der Waals surface area contributed by atoms with Crippen molar-refractivity contribution in [1.82, 2.24) is 15.0 Å². The first-order chi connectivity index (χ1) is 8.19. The van der Waals surface area contributed by atoms with Gasteiger partial charge in [0, 0.05) is 13.1 Å². The molecule has 6 nitrogen and oxygen atoms in total. The summed E-state index contributed by atoms with van der Waals surface area (Å²) in [5.74, 6) is 0.920. The first kappa shape index (κ1) is 12.2. The number of carbonyl (C=O) groups is 1. The second-order valence-electron chi connectivity index (χ2n) is 4.18. The Morgan fingerprint density at radius 3 is 3.12 bits per heavy atom. The number of ether oxygens (including phenoxy) is 1.